The van der Waals surface area contributed by atoms with Crippen molar-refractivity contribution in [3.05, 3.63) is 50.4 Å². The van der Waals surface area contributed by atoms with E-state index in [0.29, 0.717) is 0 Å². The molecule has 0 aliphatic rings. The van der Waals surface area contributed by atoms with Crippen molar-refractivity contribution >= 4 is 42.9 Å². The Bertz CT molecular complexity index is 775. The fourth-order valence-corrected chi connectivity index (χ4v) is 3.44. The second kappa shape index (κ2) is 4.76. The second-order valence-electron chi connectivity index (χ2n) is 4.69. The van der Waals surface area contributed by atoms with Crippen LogP contribution in [-0.4, -0.2) is 9.97 Å². The molecule has 2 nitrogen and oxygen atoms in total. The molecular formula is C15H12Br2N2. The third kappa shape index (κ3) is 2.35. The molecule has 1 heterocycles. The fourth-order valence-electron chi connectivity index (χ4n) is 2.19. The van der Waals surface area contributed by atoms with Gasteiger partial charge in [0, 0.05) is 14.5 Å². The van der Waals surface area contributed by atoms with Gasteiger partial charge in [0.1, 0.15) is 5.82 Å². The Morgan fingerprint density at radius 2 is 1.84 bits per heavy atom. The number of benzene rings is 2. The van der Waals surface area contributed by atoms with Gasteiger partial charge in [-0.15, -0.1) is 0 Å². The van der Waals surface area contributed by atoms with E-state index in [9.17, 15) is 0 Å². The lowest BCUT2D eigenvalue weighted by molar-refractivity contribution is 1.31. The van der Waals surface area contributed by atoms with Crippen LogP contribution in [0, 0.1) is 13.8 Å². The highest BCUT2D eigenvalue weighted by Gasteiger charge is 2.10. The molecule has 19 heavy (non-hydrogen) atoms. The number of aromatic amines is 1. The van der Waals surface area contributed by atoms with E-state index in [1.165, 1.54) is 5.56 Å². The van der Waals surface area contributed by atoms with Crippen molar-refractivity contribution < 1.29 is 0 Å². The minimum Gasteiger partial charge on any atom is -0.338 e. The molecule has 0 saturated carbocycles. The van der Waals surface area contributed by atoms with Crippen LogP contribution in [0.15, 0.2) is 39.3 Å². The van der Waals surface area contributed by atoms with Crippen LogP contribution >= 0.6 is 31.9 Å². The van der Waals surface area contributed by atoms with Gasteiger partial charge in [-0.1, -0.05) is 37.9 Å². The predicted octanol–water partition coefficient (Wildman–Crippen LogP) is 5.37. The van der Waals surface area contributed by atoms with Crippen molar-refractivity contribution in [1.29, 1.82) is 0 Å². The number of H-pyrrole nitrogens is 1. The number of aromatic nitrogens is 2. The average Bonchev–Trinajstić information content (AvgIpc) is 2.72. The molecule has 0 unspecified atom stereocenters. The van der Waals surface area contributed by atoms with E-state index >= 15 is 0 Å². The monoisotopic (exact) mass is 378 g/mol. The first-order chi connectivity index (χ1) is 9.04. The molecule has 0 saturated heterocycles. The fraction of sp³-hybridized carbons (Fsp3) is 0.133. The van der Waals surface area contributed by atoms with Gasteiger partial charge in [-0.2, -0.15) is 0 Å². The first-order valence-electron chi connectivity index (χ1n) is 5.97. The van der Waals surface area contributed by atoms with Crippen LogP contribution in [-0.2, 0) is 0 Å². The van der Waals surface area contributed by atoms with E-state index in [0.717, 1.165) is 36.9 Å². The molecule has 0 aliphatic carbocycles. The van der Waals surface area contributed by atoms with Gasteiger partial charge >= 0.3 is 0 Å². The molecule has 2 aromatic carbocycles. The molecule has 96 valence electrons. The summed E-state index contributed by atoms with van der Waals surface area (Å²) in [4.78, 5) is 8.09. The standard InChI is InChI=1S/C15H12Br2N2/c1-8-3-4-11(12(17)5-8)15-18-13-7-10(16)6-9(2)14(13)19-15/h3-7H,1-2H3,(H,18,19). The zero-order valence-electron chi connectivity index (χ0n) is 10.6. The van der Waals surface area contributed by atoms with E-state index in [2.05, 4.69) is 81.0 Å². The second-order valence-corrected chi connectivity index (χ2v) is 6.46. The molecule has 0 fully saturated rings. The summed E-state index contributed by atoms with van der Waals surface area (Å²) in [6.45, 7) is 4.15. The molecule has 1 aromatic heterocycles. The van der Waals surface area contributed by atoms with Crippen molar-refractivity contribution in [3.8, 4) is 11.4 Å². The third-order valence-corrected chi connectivity index (χ3v) is 4.24. The number of aryl methyl sites for hydroxylation is 2. The van der Waals surface area contributed by atoms with Gasteiger partial charge in [0.15, 0.2) is 0 Å². The van der Waals surface area contributed by atoms with Crippen LogP contribution in [0.25, 0.3) is 22.4 Å². The maximum absolute atomic E-state index is 4.71. The van der Waals surface area contributed by atoms with Gasteiger partial charge in [-0.05, 0) is 49.2 Å². The molecule has 0 aliphatic heterocycles. The van der Waals surface area contributed by atoms with Crippen LogP contribution in [0.1, 0.15) is 11.1 Å². The smallest absolute Gasteiger partial charge is 0.139 e. The zero-order chi connectivity index (χ0) is 13.6. The number of halogens is 2. The summed E-state index contributed by atoms with van der Waals surface area (Å²) in [7, 11) is 0. The molecule has 0 bridgehead atoms. The van der Waals surface area contributed by atoms with Gasteiger partial charge in [-0.3, -0.25) is 0 Å². The topological polar surface area (TPSA) is 28.7 Å². The van der Waals surface area contributed by atoms with Crippen molar-refractivity contribution in [2.24, 2.45) is 0 Å². The Balaban J connectivity index is 2.23. The van der Waals surface area contributed by atoms with E-state index in [1.54, 1.807) is 0 Å². The molecular weight excluding hydrogens is 368 g/mol. The number of hydrogen-bond donors (Lipinski definition) is 1. The summed E-state index contributed by atoms with van der Waals surface area (Å²) in [5, 5.41) is 0. The summed E-state index contributed by atoms with van der Waals surface area (Å²) in [5.41, 5.74) is 5.54. The summed E-state index contributed by atoms with van der Waals surface area (Å²) < 4.78 is 2.12. The molecule has 1 N–H and O–H groups in total. The predicted molar refractivity (Wildman–Crippen MR) is 86.4 cm³/mol. The highest BCUT2D eigenvalue weighted by molar-refractivity contribution is 9.10. The molecule has 0 atom stereocenters. The van der Waals surface area contributed by atoms with Crippen molar-refractivity contribution in [1.82, 2.24) is 9.97 Å². The van der Waals surface area contributed by atoms with Gasteiger partial charge in [0.05, 0.1) is 11.0 Å². The molecule has 0 radical (unpaired) electrons. The number of hydrogen-bond acceptors (Lipinski definition) is 1. The Kier molecular flexibility index (Phi) is 3.23. The van der Waals surface area contributed by atoms with E-state index in [4.69, 9.17) is 4.98 Å². The maximum atomic E-state index is 4.71. The van der Waals surface area contributed by atoms with Crippen LogP contribution in [0.3, 0.4) is 0 Å². The number of nitrogens with one attached hydrogen (secondary N) is 1. The van der Waals surface area contributed by atoms with E-state index in [-0.39, 0.29) is 0 Å². The summed E-state index contributed by atoms with van der Waals surface area (Å²) in [6.07, 6.45) is 0. The first-order valence-corrected chi connectivity index (χ1v) is 7.55. The molecule has 3 rings (SSSR count). The largest absolute Gasteiger partial charge is 0.338 e. The van der Waals surface area contributed by atoms with Gasteiger partial charge in [0.2, 0.25) is 0 Å². The minimum absolute atomic E-state index is 0.892. The summed E-state index contributed by atoms with van der Waals surface area (Å²) in [6, 6.07) is 10.4. The van der Waals surface area contributed by atoms with Crippen molar-refractivity contribution in [3.63, 3.8) is 0 Å². The Morgan fingerprint density at radius 3 is 2.58 bits per heavy atom. The van der Waals surface area contributed by atoms with Crippen molar-refractivity contribution in [2.75, 3.05) is 0 Å². The average molecular weight is 380 g/mol. The van der Waals surface area contributed by atoms with Crippen LogP contribution in [0.2, 0.25) is 0 Å². The Hall–Kier alpha value is -1.13. The molecule has 0 amide bonds. The van der Waals surface area contributed by atoms with E-state index < -0.39 is 0 Å². The lowest BCUT2D eigenvalue weighted by Gasteiger charge is -2.01. The number of nitrogens with zero attached hydrogens (tertiary/aromatic N) is 1. The lowest BCUT2D eigenvalue weighted by atomic mass is 10.1. The Morgan fingerprint density at radius 1 is 1.05 bits per heavy atom. The number of rotatable bonds is 1. The Labute approximate surface area is 128 Å². The van der Waals surface area contributed by atoms with Crippen LogP contribution in [0.5, 0.6) is 0 Å². The van der Waals surface area contributed by atoms with Gasteiger partial charge < -0.3 is 4.98 Å². The molecule has 0 spiro atoms. The minimum atomic E-state index is 0.892. The van der Waals surface area contributed by atoms with Gasteiger partial charge in [0.25, 0.3) is 0 Å². The first kappa shape index (κ1) is 12.9. The third-order valence-electron chi connectivity index (χ3n) is 3.12. The molecule has 4 heteroatoms. The normalized spacial score (nSPS) is 11.2. The van der Waals surface area contributed by atoms with E-state index in [1.807, 2.05) is 0 Å². The quantitative estimate of drug-likeness (QED) is 0.604. The highest BCUT2D eigenvalue weighted by Crippen LogP contribution is 2.30. The van der Waals surface area contributed by atoms with Crippen molar-refractivity contribution in [2.45, 2.75) is 13.8 Å². The van der Waals surface area contributed by atoms with Crippen LogP contribution in [0.4, 0.5) is 0 Å². The lowest BCUT2D eigenvalue weighted by Crippen LogP contribution is -1.83. The summed E-state index contributed by atoms with van der Waals surface area (Å²) in [5.74, 6) is 0.892. The maximum Gasteiger partial charge on any atom is 0.139 e. The van der Waals surface area contributed by atoms with Gasteiger partial charge in [-0.25, -0.2) is 4.98 Å². The zero-order valence-corrected chi connectivity index (χ0v) is 13.8. The van der Waals surface area contributed by atoms with Crippen LogP contribution < -0.4 is 0 Å². The number of fused-ring (bicyclic) bond motifs is 1. The highest BCUT2D eigenvalue weighted by atomic mass is 79.9. The SMILES string of the molecule is Cc1ccc(-c2nc3c(C)cc(Br)cc3[nH]2)c(Br)c1. The number of imidazole rings is 1. The summed E-state index contributed by atoms with van der Waals surface area (Å²) >= 11 is 7.12. The molecule has 3 aromatic rings.